The molecule has 0 unspecified atom stereocenters. The summed E-state index contributed by atoms with van der Waals surface area (Å²) >= 11 is 0. The number of ether oxygens (including phenoxy) is 1. The molecule has 2 aromatic carbocycles. The Balaban J connectivity index is 1.70. The number of aromatic nitrogens is 3. The molecule has 1 atom stereocenters. The number of benzene rings is 2. The van der Waals surface area contributed by atoms with Gasteiger partial charge in [-0.15, -0.1) is 0 Å². The maximum atomic E-state index is 13.1. The van der Waals surface area contributed by atoms with Crippen molar-refractivity contribution >= 4 is 33.5 Å². The Hall–Kier alpha value is -3.58. The third-order valence-electron chi connectivity index (χ3n) is 4.88. The number of aliphatic hydroxyl groups is 1. The number of Topliss-reactive ketones (excluding diaryl/α,β-unsaturated/α-hetero) is 1. The third kappa shape index (κ3) is 3.60. The number of nitrogen functional groups attached to an aromatic ring is 1. The Morgan fingerprint density at radius 2 is 1.90 bits per heavy atom. The molecule has 0 radical (unpaired) electrons. The largest absolute Gasteiger partial charge is 0.494 e. The number of fused-ring (bicyclic) bond motifs is 2. The van der Waals surface area contributed by atoms with E-state index >= 15 is 0 Å². The van der Waals surface area contributed by atoms with E-state index in [9.17, 15) is 9.90 Å². The first-order valence-corrected chi connectivity index (χ1v) is 9.20. The highest BCUT2D eigenvalue weighted by Crippen LogP contribution is 2.29. The minimum Gasteiger partial charge on any atom is -0.494 e. The van der Waals surface area contributed by atoms with Gasteiger partial charge in [-0.25, -0.2) is 9.97 Å². The fourth-order valence-electron chi connectivity index (χ4n) is 3.41. The number of pyridine rings is 1. The van der Waals surface area contributed by atoms with Gasteiger partial charge in [0.05, 0.1) is 19.2 Å². The summed E-state index contributed by atoms with van der Waals surface area (Å²) in [5.41, 5.74) is 8.00. The van der Waals surface area contributed by atoms with Crippen LogP contribution in [-0.2, 0) is 0 Å². The van der Waals surface area contributed by atoms with Crippen molar-refractivity contribution in [1.82, 2.24) is 15.0 Å². The van der Waals surface area contributed by atoms with Gasteiger partial charge in [0, 0.05) is 28.8 Å². The lowest BCUT2D eigenvalue weighted by molar-refractivity contribution is 0.0956. The number of nitrogens with two attached hydrogens (primary N) is 1. The minimum atomic E-state index is -0.455. The normalized spacial score (nSPS) is 12.2. The molecule has 0 aliphatic carbocycles. The number of anilines is 1. The van der Waals surface area contributed by atoms with Crippen LogP contribution in [-0.4, -0.2) is 39.6 Å². The summed E-state index contributed by atoms with van der Waals surface area (Å²) < 4.78 is 5.32. The number of para-hydroxylation sites is 2. The summed E-state index contributed by atoms with van der Waals surface area (Å²) in [6, 6.07) is 16.8. The van der Waals surface area contributed by atoms with E-state index in [1.54, 1.807) is 18.2 Å². The summed E-state index contributed by atoms with van der Waals surface area (Å²) in [6.45, 7) is -0.209. The summed E-state index contributed by atoms with van der Waals surface area (Å²) in [7, 11) is 1.53. The molecule has 0 aliphatic heterocycles. The van der Waals surface area contributed by atoms with Crippen molar-refractivity contribution in [3.05, 3.63) is 66.0 Å². The van der Waals surface area contributed by atoms with Crippen molar-refractivity contribution in [2.75, 3.05) is 19.5 Å². The molecule has 7 heteroatoms. The Labute approximate surface area is 167 Å². The van der Waals surface area contributed by atoms with Crippen LogP contribution in [0.2, 0.25) is 0 Å². The number of ketones is 1. The number of nitrogens with zero attached hydrogens (tertiary/aromatic N) is 3. The number of hydrogen-bond acceptors (Lipinski definition) is 7. The molecule has 0 bridgehead atoms. The molecule has 0 amide bonds. The van der Waals surface area contributed by atoms with Crippen molar-refractivity contribution in [3.63, 3.8) is 0 Å². The van der Waals surface area contributed by atoms with Crippen LogP contribution in [0.15, 0.2) is 54.6 Å². The van der Waals surface area contributed by atoms with Crippen molar-refractivity contribution in [3.8, 4) is 5.75 Å². The van der Waals surface area contributed by atoms with Crippen LogP contribution in [0.1, 0.15) is 28.5 Å². The van der Waals surface area contributed by atoms with Crippen molar-refractivity contribution in [2.24, 2.45) is 0 Å². The molecule has 2 aromatic heterocycles. The van der Waals surface area contributed by atoms with Crippen LogP contribution in [0, 0.1) is 0 Å². The average molecular weight is 388 g/mol. The van der Waals surface area contributed by atoms with Gasteiger partial charge in [0.2, 0.25) is 5.95 Å². The smallest absolute Gasteiger partial charge is 0.221 e. The van der Waals surface area contributed by atoms with Gasteiger partial charge in [0.25, 0.3) is 0 Å². The number of carbonyl (C=O) groups is 1. The first-order valence-electron chi connectivity index (χ1n) is 9.20. The van der Waals surface area contributed by atoms with Gasteiger partial charge in [-0.3, -0.25) is 9.78 Å². The lowest BCUT2D eigenvalue weighted by Crippen LogP contribution is -2.15. The monoisotopic (exact) mass is 388 g/mol. The SMILES string of the molecule is COc1cccc2c(C(=O)C[C@@H](CO)c3ccc4ccccc4n3)nc(N)nc12. The second-order valence-corrected chi connectivity index (χ2v) is 6.72. The Morgan fingerprint density at radius 3 is 2.69 bits per heavy atom. The van der Waals surface area contributed by atoms with Crippen molar-refractivity contribution < 1.29 is 14.6 Å². The zero-order valence-corrected chi connectivity index (χ0v) is 15.9. The van der Waals surface area contributed by atoms with E-state index in [0.717, 1.165) is 10.9 Å². The second kappa shape index (κ2) is 7.81. The Kier molecular flexibility index (Phi) is 5.05. The van der Waals surface area contributed by atoms with Crippen LogP contribution in [0.4, 0.5) is 5.95 Å². The van der Waals surface area contributed by atoms with Gasteiger partial charge < -0.3 is 15.6 Å². The molecular formula is C22H20N4O3. The second-order valence-electron chi connectivity index (χ2n) is 6.72. The number of hydrogen-bond donors (Lipinski definition) is 2. The maximum absolute atomic E-state index is 13.1. The zero-order chi connectivity index (χ0) is 20.4. The Bertz CT molecular complexity index is 1210. The summed E-state index contributed by atoms with van der Waals surface area (Å²) in [6.07, 6.45) is 0.0462. The lowest BCUT2D eigenvalue weighted by Gasteiger charge is -2.15. The summed E-state index contributed by atoms with van der Waals surface area (Å²) in [5, 5.41) is 11.5. The highest BCUT2D eigenvalue weighted by Gasteiger charge is 2.22. The van der Waals surface area contributed by atoms with Crippen molar-refractivity contribution in [1.29, 1.82) is 0 Å². The van der Waals surface area contributed by atoms with E-state index in [2.05, 4.69) is 15.0 Å². The van der Waals surface area contributed by atoms with E-state index in [1.165, 1.54) is 7.11 Å². The van der Waals surface area contributed by atoms with Gasteiger partial charge in [0.15, 0.2) is 5.78 Å². The molecule has 0 fully saturated rings. The van der Waals surface area contributed by atoms with Gasteiger partial charge in [-0.2, -0.15) is 0 Å². The zero-order valence-electron chi connectivity index (χ0n) is 15.9. The highest BCUT2D eigenvalue weighted by atomic mass is 16.5. The molecule has 146 valence electrons. The highest BCUT2D eigenvalue weighted by molar-refractivity contribution is 6.07. The number of methoxy groups -OCH3 is 1. The molecule has 3 N–H and O–H groups in total. The van der Waals surface area contributed by atoms with E-state index in [1.807, 2.05) is 36.4 Å². The predicted octanol–water partition coefficient (Wildman–Crippen LogP) is 3.12. The molecule has 0 saturated heterocycles. The third-order valence-corrected chi connectivity index (χ3v) is 4.88. The van der Waals surface area contributed by atoms with Gasteiger partial charge in [-0.1, -0.05) is 36.4 Å². The first-order chi connectivity index (χ1) is 14.1. The topological polar surface area (TPSA) is 111 Å². The average Bonchev–Trinajstić information content (AvgIpc) is 2.76. The van der Waals surface area contributed by atoms with E-state index in [-0.39, 0.29) is 30.5 Å². The van der Waals surface area contributed by atoms with Crippen LogP contribution >= 0.6 is 0 Å². The fourth-order valence-corrected chi connectivity index (χ4v) is 3.41. The lowest BCUT2D eigenvalue weighted by atomic mass is 9.95. The Morgan fingerprint density at radius 1 is 1.07 bits per heavy atom. The van der Waals surface area contributed by atoms with Crippen molar-refractivity contribution in [2.45, 2.75) is 12.3 Å². The van der Waals surface area contributed by atoms with Crippen LogP contribution in [0.5, 0.6) is 5.75 Å². The van der Waals surface area contributed by atoms with Gasteiger partial charge in [-0.05, 0) is 18.2 Å². The molecule has 29 heavy (non-hydrogen) atoms. The molecule has 0 spiro atoms. The number of rotatable bonds is 6. The summed E-state index contributed by atoms with van der Waals surface area (Å²) in [4.78, 5) is 26.1. The van der Waals surface area contributed by atoms with Crippen LogP contribution < -0.4 is 10.5 Å². The number of carbonyl (C=O) groups excluding carboxylic acids is 1. The first kappa shape index (κ1) is 18.8. The maximum Gasteiger partial charge on any atom is 0.221 e. The van der Waals surface area contributed by atoms with E-state index < -0.39 is 5.92 Å². The molecule has 4 rings (SSSR count). The van der Waals surface area contributed by atoms with Crippen LogP contribution in [0.25, 0.3) is 21.8 Å². The molecule has 0 aliphatic rings. The molecule has 4 aromatic rings. The van der Waals surface area contributed by atoms with Gasteiger partial charge in [0.1, 0.15) is 17.0 Å². The quantitative estimate of drug-likeness (QED) is 0.488. The number of aliphatic hydroxyl groups excluding tert-OH is 1. The molecule has 0 saturated carbocycles. The van der Waals surface area contributed by atoms with Gasteiger partial charge >= 0.3 is 0 Å². The fraction of sp³-hybridized carbons (Fsp3) is 0.182. The van der Waals surface area contributed by atoms with E-state index in [0.29, 0.717) is 22.3 Å². The van der Waals surface area contributed by atoms with Crippen LogP contribution in [0.3, 0.4) is 0 Å². The minimum absolute atomic E-state index is 0.00488. The molecule has 2 heterocycles. The molecule has 7 nitrogen and oxygen atoms in total. The van der Waals surface area contributed by atoms with E-state index in [4.69, 9.17) is 10.5 Å². The molecular weight excluding hydrogens is 368 g/mol. The summed E-state index contributed by atoms with van der Waals surface area (Å²) in [5.74, 6) is -0.189. The standard InChI is InChI=1S/C22H20N4O3/c1-29-19-8-4-6-15-20(25-22(23)26-21(15)19)18(28)11-14(12-27)17-10-9-13-5-2-3-7-16(13)24-17/h2-10,14,27H,11-12H2,1H3,(H2,23,25,26)/t14-/m0/s1. The predicted molar refractivity (Wildman–Crippen MR) is 111 cm³/mol.